The van der Waals surface area contributed by atoms with E-state index < -0.39 is 0 Å². The average Bonchev–Trinajstić information content (AvgIpc) is 3.17. The SMILES string of the molecule is O=C(C[C@H]1COc2ccccc2N1Cc1ccccc1)NC1CCCC1. The molecular weight excluding hydrogens is 324 g/mol. The molecule has 0 saturated heterocycles. The van der Waals surface area contributed by atoms with E-state index in [1.54, 1.807) is 0 Å². The van der Waals surface area contributed by atoms with Crippen molar-refractivity contribution < 1.29 is 9.53 Å². The number of hydrogen-bond donors (Lipinski definition) is 1. The van der Waals surface area contributed by atoms with E-state index in [2.05, 4.69) is 40.5 Å². The second kappa shape index (κ2) is 7.81. The molecule has 4 rings (SSSR count). The topological polar surface area (TPSA) is 41.6 Å². The van der Waals surface area contributed by atoms with Crippen molar-refractivity contribution in [2.45, 2.75) is 50.7 Å². The number of ether oxygens (including phenoxy) is 1. The zero-order chi connectivity index (χ0) is 17.8. The van der Waals surface area contributed by atoms with E-state index in [-0.39, 0.29) is 11.9 Å². The minimum Gasteiger partial charge on any atom is -0.489 e. The Morgan fingerprint density at radius 3 is 2.58 bits per heavy atom. The maximum absolute atomic E-state index is 12.6. The number of hydrogen-bond acceptors (Lipinski definition) is 3. The van der Waals surface area contributed by atoms with Gasteiger partial charge in [-0.3, -0.25) is 4.79 Å². The molecule has 1 fully saturated rings. The monoisotopic (exact) mass is 350 g/mol. The van der Waals surface area contributed by atoms with E-state index in [0.717, 1.165) is 30.8 Å². The number of carbonyl (C=O) groups excluding carboxylic acids is 1. The lowest BCUT2D eigenvalue weighted by Crippen LogP contribution is -2.46. The molecule has 0 bridgehead atoms. The normalized spacial score (nSPS) is 19.7. The minimum absolute atomic E-state index is 0.0477. The highest BCUT2D eigenvalue weighted by atomic mass is 16.5. The molecule has 1 atom stereocenters. The largest absolute Gasteiger partial charge is 0.489 e. The van der Waals surface area contributed by atoms with E-state index in [9.17, 15) is 4.79 Å². The van der Waals surface area contributed by atoms with Gasteiger partial charge in [-0.15, -0.1) is 0 Å². The Labute approximate surface area is 155 Å². The molecule has 1 heterocycles. The van der Waals surface area contributed by atoms with Gasteiger partial charge in [-0.1, -0.05) is 55.3 Å². The fourth-order valence-electron chi connectivity index (χ4n) is 4.02. The standard InChI is InChI=1S/C22H26N2O2/c25-22(23-18-10-4-5-11-18)14-19-16-26-21-13-7-6-12-20(21)24(19)15-17-8-2-1-3-9-17/h1-3,6-9,12-13,18-19H,4-5,10-11,14-16H2,(H,23,25)/t19-/m0/s1. The van der Waals surface area contributed by atoms with Crippen LogP contribution in [0.2, 0.25) is 0 Å². The molecule has 4 heteroatoms. The van der Waals surface area contributed by atoms with Crippen LogP contribution in [0.3, 0.4) is 0 Å². The summed E-state index contributed by atoms with van der Waals surface area (Å²) in [4.78, 5) is 14.9. The number of benzene rings is 2. The van der Waals surface area contributed by atoms with Gasteiger partial charge in [0, 0.05) is 12.6 Å². The minimum atomic E-state index is 0.0477. The number of fused-ring (bicyclic) bond motifs is 1. The van der Waals surface area contributed by atoms with Gasteiger partial charge in [0.05, 0.1) is 18.2 Å². The molecule has 0 radical (unpaired) electrons. The van der Waals surface area contributed by atoms with E-state index in [1.807, 2.05) is 24.3 Å². The molecule has 136 valence electrons. The summed E-state index contributed by atoms with van der Waals surface area (Å²) in [5.41, 5.74) is 2.31. The van der Waals surface area contributed by atoms with E-state index in [1.165, 1.54) is 18.4 Å². The molecule has 4 nitrogen and oxygen atoms in total. The van der Waals surface area contributed by atoms with Gasteiger partial charge in [-0.25, -0.2) is 0 Å². The summed E-state index contributed by atoms with van der Waals surface area (Å²) in [6, 6.07) is 18.9. The first-order chi connectivity index (χ1) is 12.8. The Hall–Kier alpha value is -2.49. The number of carbonyl (C=O) groups is 1. The lowest BCUT2D eigenvalue weighted by atomic mass is 10.1. The average molecular weight is 350 g/mol. The number of nitrogens with one attached hydrogen (secondary N) is 1. The molecule has 1 amide bonds. The summed E-state index contributed by atoms with van der Waals surface area (Å²) >= 11 is 0. The van der Waals surface area contributed by atoms with Crippen LogP contribution in [-0.4, -0.2) is 24.6 Å². The van der Waals surface area contributed by atoms with Crippen LogP contribution in [0.25, 0.3) is 0 Å². The van der Waals surface area contributed by atoms with Crippen molar-refractivity contribution in [2.75, 3.05) is 11.5 Å². The smallest absolute Gasteiger partial charge is 0.222 e. The van der Waals surface area contributed by atoms with Crippen molar-refractivity contribution in [3.8, 4) is 5.75 Å². The number of amides is 1. The maximum atomic E-state index is 12.6. The zero-order valence-electron chi connectivity index (χ0n) is 15.1. The molecule has 2 aromatic rings. The van der Waals surface area contributed by atoms with Gasteiger partial charge in [0.15, 0.2) is 0 Å². The quantitative estimate of drug-likeness (QED) is 0.889. The second-order valence-corrected chi connectivity index (χ2v) is 7.30. The lowest BCUT2D eigenvalue weighted by Gasteiger charge is -2.38. The summed E-state index contributed by atoms with van der Waals surface area (Å²) in [5.74, 6) is 1.04. The summed E-state index contributed by atoms with van der Waals surface area (Å²) in [6.07, 6.45) is 5.15. The molecule has 1 aliphatic carbocycles. The van der Waals surface area contributed by atoms with Crippen LogP contribution in [0.15, 0.2) is 54.6 Å². The van der Waals surface area contributed by atoms with Crippen molar-refractivity contribution >= 4 is 11.6 Å². The van der Waals surface area contributed by atoms with E-state index in [0.29, 0.717) is 19.1 Å². The molecule has 0 aromatic heterocycles. The predicted octanol–water partition coefficient (Wildman–Crippen LogP) is 3.90. The number of rotatable bonds is 5. The summed E-state index contributed by atoms with van der Waals surface area (Å²) in [5, 5.41) is 3.21. The highest BCUT2D eigenvalue weighted by Gasteiger charge is 2.30. The lowest BCUT2D eigenvalue weighted by molar-refractivity contribution is -0.122. The van der Waals surface area contributed by atoms with Crippen LogP contribution in [0.5, 0.6) is 5.75 Å². The number of nitrogens with zero attached hydrogens (tertiary/aromatic N) is 1. The van der Waals surface area contributed by atoms with Gasteiger partial charge in [-0.2, -0.15) is 0 Å². The Kier molecular flexibility index (Phi) is 5.09. The van der Waals surface area contributed by atoms with Crippen molar-refractivity contribution in [1.82, 2.24) is 5.32 Å². The first-order valence-electron chi connectivity index (χ1n) is 9.61. The van der Waals surface area contributed by atoms with Gasteiger partial charge in [0.25, 0.3) is 0 Å². The van der Waals surface area contributed by atoms with Crippen LogP contribution in [0, 0.1) is 0 Å². The van der Waals surface area contributed by atoms with Crippen LogP contribution in [0.1, 0.15) is 37.7 Å². The third kappa shape index (κ3) is 3.85. The van der Waals surface area contributed by atoms with Crippen LogP contribution in [-0.2, 0) is 11.3 Å². The van der Waals surface area contributed by atoms with Crippen molar-refractivity contribution in [1.29, 1.82) is 0 Å². The third-order valence-corrected chi connectivity index (χ3v) is 5.38. The molecule has 0 unspecified atom stereocenters. The number of anilines is 1. The molecule has 1 N–H and O–H groups in total. The van der Waals surface area contributed by atoms with Gasteiger partial charge < -0.3 is 15.0 Å². The fourth-order valence-corrected chi connectivity index (χ4v) is 4.02. The third-order valence-electron chi connectivity index (χ3n) is 5.38. The molecule has 1 aliphatic heterocycles. The Morgan fingerprint density at radius 1 is 1.04 bits per heavy atom. The van der Waals surface area contributed by atoms with Gasteiger partial charge in [-0.05, 0) is 30.5 Å². The van der Waals surface area contributed by atoms with Crippen LogP contribution < -0.4 is 15.0 Å². The van der Waals surface area contributed by atoms with Gasteiger partial charge >= 0.3 is 0 Å². The molecular formula is C22H26N2O2. The highest BCUT2D eigenvalue weighted by molar-refractivity contribution is 5.78. The van der Waals surface area contributed by atoms with Crippen molar-refractivity contribution in [2.24, 2.45) is 0 Å². The zero-order valence-corrected chi connectivity index (χ0v) is 15.1. The molecule has 2 aromatic carbocycles. The Balaban J connectivity index is 1.51. The molecule has 1 saturated carbocycles. The van der Waals surface area contributed by atoms with Gasteiger partial charge in [0.2, 0.25) is 5.91 Å². The van der Waals surface area contributed by atoms with Crippen LogP contribution in [0.4, 0.5) is 5.69 Å². The van der Waals surface area contributed by atoms with E-state index in [4.69, 9.17) is 4.74 Å². The van der Waals surface area contributed by atoms with Crippen LogP contribution >= 0.6 is 0 Å². The van der Waals surface area contributed by atoms with Crippen molar-refractivity contribution in [3.63, 3.8) is 0 Å². The first-order valence-corrected chi connectivity index (χ1v) is 9.61. The summed E-state index contributed by atoms with van der Waals surface area (Å²) < 4.78 is 5.95. The number of para-hydroxylation sites is 2. The van der Waals surface area contributed by atoms with Crippen molar-refractivity contribution in [3.05, 3.63) is 60.2 Å². The Bertz CT molecular complexity index is 741. The maximum Gasteiger partial charge on any atom is 0.222 e. The summed E-state index contributed by atoms with van der Waals surface area (Å²) in [6.45, 7) is 1.32. The molecule has 2 aliphatic rings. The predicted molar refractivity (Wildman–Crippen MR) is 103 cm³/mol. The second-order valence-electron chi connectivity index (χ2n) is 7.30. The van der Waals surface area contributed by atoms with Gasteiger partial charge in [0.1, 0.15) is 12.4 Å². The molecule has 0 spiro atoms. The first kappa shape index (κ1) is 17.0. The molecule has 26 heavy (non-hydrogen) atoms. The highest BCUT2D eigenvalue weighted by Crippen LogP contribution is 2.35. The Morgan fingerprint density at radius 2 is 1.77 bits per heavy atom. The fraction of sp³-hybridized carbons (Fsp3) is 0.409. The van der Waals surface area contributed by atoms with E-state index >= 15 is 0 Å². The summed E-state index contributed by atoms with van der Waals surface area (Å²) in [7, 11) is 0.